The highest BCUT2D eigenvalue weighted by Crippen LogP contribution is 2.50. The third-order valence-corrected chi connectivity index (χ3v) is 9.62. The van der Waals surface area contributed by atoms with Crippen LogP contribution in [0, 0.1) is 22.2 Å². The van der Waals surface area contributed by atoms with Gasteiger partial charge in [-0.15, -0.1) is 0 Å². The second kappa shape index (κ2) is 10.6. The topological polar surface area (TPSA) is 73.2 Å². The van der Waals surface area contributed by atoms with Crippen molar-refractivity contribution in [3.63, 3.8) is 0 Å². The van der Waals surface area contributed by atoms with Crippen molar-refractivity contribution < 1.29 is 14.7 Å². The lowest BCUT2D eigenvalue weighted by Gasteiger charge is -2.47. The molecule has 1 amide bonds. The third kappa shape index (κ3) is 6.52. The maximum absolute atomic E-state index is 14.5. The van der Waals surface area contributed by atoms with Crippen LogP contribution in [0.5, 0.6) is 0 Å². The number of carbonyl (C=O) groups is 2. The number of benzene rings is 1. The lowest BCUT2D eigenvalue weighted by molar-refractivity contribution is -0.134. The highest BCUT2D eigenvalue weighted by atomic mass is 16.4. The minimum atomic E-state index is -0.930. The Kier molecular flexibility index (Phi) is 8.01. The molecule has 1 saturated heterocycles. The molecule has 1 aromatic rings. The van der Waals surface area contributed by atoms with E-state index in [1.165, 1.54) is 0 Å². The van der Waals surface area contributed by atoms with E-state index < -0.39 is 11.6 Å². The number of amides is 1. The van der Waals surface area contributed by atoms with Gasteiger partial charge in [-0.25, -0.2) is 9.79 Å². The van der Waals surface area contributed by atoms with Gasteiger partial charge < -0.3 is 14.9 Å². The van der Waals surface area contributed by atoms with Gasteiger partial charge in [-0.2, -0.15) is 0 Å². The van der Waals surface area contributed by atoms with Crippen LogP contribution < -0.4 is 0 Å². The van der Waals surface area contributed by atoms with Crippen LogP contribution in [0.2, 0.25) is 0 Å². The van der Waals surface area contributed by atoms with Gasteiger partial charge in [0.05, 0.1) is 11.6 Å². The molecule has 3 aliphatic rings. The smallest absolute Gasteiger partial charge is 0.335 e. The van der Waals surface area contributed by atoms with Gasteiger partial charge >= 0.3 is 5.97 Å². The van der Waals surface area contributed by atoms with Crippen LogP contribution in [0.25, 0.3) is 0 Å². The number of hydrogen-bond donors (Lipinski definition) is 1. The van der Waals surface area contributed by atoms with Crippen molar-refractivity contribution in [2.75, 3.05) is 13.1 Å². The van der Waals surface area contributed by atoms with E-state index in [1.807, 2.05) is 12.1 Å². The molecular weight excluding hydrogens is 486 g/mol. The predicted octanol–water partition coefficient (Wildman–Crippen LogP) is 7.55. The first-order valence-corrected chi connectivity index (χ1v) is 15.0. The average Bonchev–Trinajstić information content (AvgIpc) is 3.10. The molecule has 1 atom stereocenters. The Morgan fingerprint density at radius 3 is 2.05 bits per heavy atom. The van der Waals surface area contributed by atoms with Crippen molar-refractivity contribution >= 4 is 17.7 Å². The van der Waals surface area contributed by atoms with Crippen LogP contribution in [0.15, 0.2) is 29.3 Å². The summed E-state index contributed by atoms with van der Waals surface area (Å²) in [6.07, 6.45) is 7.76. The molecule has 0 radical (unpaired) electrons. The molecule has 2 aliphatic heterocycles. The molecule has 0 bridgehead atoms. The molecule has 0 unspecified atom stereocenters. The van der Waals surface area contributed by atoms with Crippen LogP contribution in [0.4, 0.5) is 0 Å². The van der Waals surface area contributed by atoms with Gasteiger partial charge in [0.1, 0.15) is 5.66 Å². The molecule has 1 aliphatic carbocycles. The summed E-state index contributed by atoms with van der Waals surface area (Å²) in [6.45, 7) is 20.1. The lowest BCUT2D eigenvalue weighted by atomic mass is 9.69. The first kappa shape index (κ1) is 29.6. The zero-order valence-corrected chi connectivity index (χ0v) is 25.6. The number of amidine groups is 1. The number of piperidine rings is 1. The first-order valence-electron chi connectivity index (χ1n) is 15.0. The van der Waals surface area contributed by atoms with Crippen LogP contribution in [-0.2, 0) is 4.79 Å². The number of aromatic carboxylic acids is 1. The van der Waals surface area contributed by atoms with Crippen molar-refractivity contribution in [2.45, 2.75) is 118 Å². The number of nitrogens with zero attached hydrogens (tertiary/aromatic N) is 3. The molecule has 1 aromatic carbocycles. The first-order chi connectivity index (χ1) is 18.0. The van der Waals surface area contributed by atoms with Crippen molar-refractivity contribution in [3.05, 3.63) is 35.4 Å². The Bertz CT molecular complexity index is 1070. The fraction of sp³-hybridized carbons (Fsp3) is 0.727. The Labute approximate surface area is 236 Å². The normalized spacial score (nSPS) is 26.6. The second-order valence-corrected chi connectivity index (χ2v) is 15.4. The van der Waals surface area contributed by atoms with Crippen LogP contribution in [0.3, 0.4) is 0 Å². The molecule has 39 heavy (non-hydrogen) atoms. The van der Waals surface area contributed by atoms with E-state index in [0.717, 1.165) is 70.0 Å². The summed E-state index contributed by atoms with van der Waals surface area (Å²) in [5, 5.41) is 9.49. The molecule has 1 N–H and O–H groups in total. The average molecular weight is 538 g/mol. The Morgan fingerprint density at radius 1 is 1.00 bits per heavy atom. The second-order valence-electron chi connectivity index (χ2n) is 15.4. The summed E-state index contributed by atoms with van der Waals surface area (Å²) in [5.41, 5.74) is 1.39. The molecule has 2 fully saturated rings. The lowest BCUT2D eigenvalue weighted by Crippen LogP contribution is -2.52. The van der Waals surface area contributed by atoms with E-state index in [-0.39, 0.29) is 28.3 Å². The van der Waals surface area contributed by atoms with E-state index in [4.69, 9.17) is 4.99 Å². The zero-order chi connectivity index (χ0) is 28.8. The molecule has 216 valence electrons. The van der Waals surface area contributed by atoms with E-state index in [1.54, 1.807) is 12.1 Å². The van der Waals surface area contributed by atoms with Gasteiger partial charge in [0.25, 0.3) is 5.91 Å². The summed E-state index contributed by atoms with van der Waals surface area (Å²) >= 11 is 0. The van der Waals surface area contributed by atoms with Gasteiger partial charge in [-0.05, 0) is 91.2 Å². The van der Waals surface area contributed by atoms with E-state index in [0.29, 0.717) is 17.2 Å². The minimum absolute atomic E-state index is 0.0603. The van der Waals surface area contributed by atoms with Gasteiger partial charge in [0.15, 0.2) is 5.84 Å². The minimum Gasteiger partial charge on any atom is -0.478 e. The number of carboxylic acids is 1. The van der Waals surface area contributed by atoms with Gasteiger partial charge in [0, 0.05) is 13.1 Å². The van der Waals surface area contributed by atoms with Crippen molar-refractivity contribution in [1.82, 2.24) is 9.80 Å². The number of aliphatic imine (C=N–C) groups is 1. The number of carbonyl (C=O) groups excluding carboxylic acids is 1. The molecule has 0 aromatic heterocycles. The van der Waals surface area contributed by atoms with E-state index >= 15 is 0 Å². The quantitative estimate of drug-likeness (QED) is 0.421. The summed E-state index contributed by atoms with van der Waals surface area (Å²) in [5.74, 6) is 0.395. The highest BCUT2D eigenvalue weighted by Gasteiger charge is 2.54. The zero-order valence-electron chi connectivity index (χ0n) is 25.6. The number of carboxylic acid groups (broad SMARTS) is 1. The Morgan fingerprint density at radius 2 is 1.56 bits per heavy atom. The SMILES string of the molecule is CC(C)(C)CC[C@H](c1ccc(C(=O)O)cc1)N1C(=O)C(N2CCC(C)(C)CC2)=NC12CCC(C(C)(C)C)CC2. The number of likely N-dealkylation sites (tertiary alicyclic amines) is 1. The summed E-state index contributed by atoms with van der Waals surface area (Å²) < 4.78 is 0. The standard InChI is InChI=1S/C33H51N3O3/c1-30(2,3)16-15-26(23-9-11-24(12-10-23)29(38)39)36-28(37)27(35-21-19-32(7,8)20-22-35)34-33(36)17-13-25(14-18-33)31(4,5)6/h9-12,25-26H,13-22H2,1-8H3,(H,38,39)/t25?,26-,33?/m1/s1. The van der Waals surface area contributed by atoms with Crippen LogP contribution in [0.1, 0.15) is 129 Å². The maximum atomic E-state index is 14.5. The fourth-order valence-corrected chi connectivity index (χ4v) is 6.72. The van der Waals surface area contributed by atoms with Crippen molar-refractivity contribution in [3.8, 4) is 0 Å². The molecule has 4 rings (SSSR count). The van der Waals surface area contributed by atoms with Crippen LogP contribution >= 0.6 is 0 Å². The summed E-state index contributed by atoms with van der Waals surface area (Å²) in [6, 6.07) is 7.05. The van der Waals surface area contributed by atoms with Crippen molar-refractivity contribution in [2.24, 2.45) is 27.2 Å². The largest absolute Gasteiger partial charge is 0.478 e. The van der Waals surface area contributed by atoms with Gasteiger partial charge in [-0.3, -0.25) is 4.79 Å². The predicted molar refractivity (Wildman–Crippen MR) is 158 cm³/mol. The molecule has 6 nitrogen and oxygen atoms in total. The number of rotatable bonds is 5. The maximum Gasteiger partial charge on any atom is 0.335 e. The monoisotopic (exact) mass is 537 g/mol. The molecule has 1 saturated carbocycles. The van der Waals surface area contributed by atoms with Gasteiger partial charge in [-0.1, -0.05) is 67.5 Å². The Balaban J connectivity index is 1.74. The van der Waals surface area contributed by atoms with E-state index in [9.17, 15) is 14.7 Å². The van der Waals surface area contributed by atoms with E-state index in [2.05, 4.69) is 65.2 Å². The summed E-state index contributed by atoms with van der Waals surface area (Å²) in [4.78, 5) is 35.9. The molecular formula is C33H51N3O3. The number of hydrogen-bond acceptors (Lipinski definition) is 4. The summed E-state index contributed by atoms with van der Waals surface area (Å²) in [7, 11) is 0. The molecule has 1 spiro atoms. The molecule has 6 heteroatoms. The Hall–Kier alpha value is -2.37. The van der Waals surface area contributed by atoms with Gasteiger partial charge in [0.2, 0.25) is 0 Å². The third-order valence-electron chi connectivity index (χ3n) is 9.62. The molecule has 2 heterocycles. The van der Waals surface area contributed by atoms with Crippen molar-refractivity contribution in [1.29, 1.82) is 0 Å². The fourth-order valence-electron chi connectivity index (χ4n) is 6.72. The van der Waals surface area contributed by atoms with Crippen LogP contribution in [-0.4, -0.2) is 51.4 Å². The highest BCUT2D eigenvalue weighted by molar-refractivity contribution is 6.39.